The molecule has 0 unspecified atom stereocenters. The monoisotopic (exact) mass is 352 g/mol. The first-order valence-electron chi connectivity index (χ1n) is 7.94. The molecular weight excluding hydrogens is 331 g/mol. The molecule has 26 heavy (non-hydrogen) atoms. The number of amides is 1. The molecule has 2 aromatic carbocycles. The average molecular weight is 352 g/mol. The van der Waals surface area contributed by atoms with Crippen LogP contribution in [0.1, 0.15) is 6.92 Å². The van der Waals surface area contributed by atoms with Crippen molar-refractivity contribution < 1.29 is 14.8 Å². The maximum atomic E-state index is 11.6. The third-order valence-corrected chi connectivity index (χ3v) is 3.59. The molecule has 0 saturated carbocycles. The lowest BCUT2D eigenvalue weighted by atomic mass is 9.79. The Balaban J connectivity index is 2.19. The van der Waals surface area contributed by atoms with E-state index in [1.54, 1.807) is 43.3 Å². The van der Waals surface area contributed by atoms with E-state index in [4.69, 9.17) is 0 Å². The molecule has 0 saturated heterocycles. The van der Waals surface area contributed by atoms with E-state index in [2.05, 4.69) is 22.1 Å². The van der Waals surface area contributed by atoms with E-state index >= 15 is 0 Å². The van der Waals surface area contributed by atoms with E-state index in [0.29, 0.717) is 22.6 Å². The minimum atomic E-state index is -1.65. The number of nitrogens with one attached hydrogen (secondary N) is 1. The zero-order valence-corrected chi connectivity index (χ0v) is 15.0. The van der Waals surface area contributed by atoms with Gasteiger partial charge in [0.2, 0.25) is 0 Å². The summed E-state index contributed by atoms with van der Waals surface area (Å²) < 4.78 is 0. The maximum absolute atomic E-state index is 11.6. The molecule has 0 heterocycles. The Bertz CT molecular complexity index is 833. The largest absolute Gasteiger partial charge is 0.490 e. The van der Waals surface area contributed by atoms with E-state index in [1.165, 1.54) is 0 Å². The van der Waals surface area contributed by atoms with Crippen molar-refractivity contribution in [1.82, 2.24) is 0 Å². The number of carbonyl (C=O) groups excluding carboxylic acids is 1. The van der Waals surface area contributed by atoms with Crippen LogP contribution in [-0.4, -0.2) is 37.2 Å². The van der Waals surface area contributed by atoms with Crippen LogP contribution in [0.5, 0.6) is 0 Å². The van der Waals surface area contributed by atoms with Crippen molar-refractivity contribution in [2.75, 3.05) is 24.3 Å². The van der Waals surface area contributed by atoms with Gasteiger partial charge in [-0.1, -0.05) is 6.58 Å². The van der Waals surface area contributed by atoms with Crippen molar-refractivity contribution in [3.63, 3.8) is 0 Å². The van der Waals surface area contributed by atoms with Crippen LogP contribution in [0.15, 0.2) is 64.8 Å². The molecule has 0 aliphatic heterocycles. The summed E-state index contributed by atoms with van der Waals surface area (Å²) in [5.74, 6) is -0.248. The molecule has 2 aromatic rings. The first kappa shape index (κ1) is 19.4. The summed E-state index contributed by atoms with van der Waals surface area (Å²) in [7, 11) is 2.07. The van der Waals surface area contributed by atoms with Crippen LogP contribution in [0, 0.1) is 0 Å². The van der Waals surface area contributed by atoms with Gasteiger partial charge in [0.25, 0.3) is 5.91 Å². The smallest absolute Gasteiger partial charge is 0.423 e. The summed E-state index contributed by atoms with van der Waals surface area (Å²) in [5.41, 5.74) is 3.07. The van der Waals surface area contributed by atoms with Crippen LogP contribution in [0.4, 0.5) is 22.7 Å². The molecule has 0 spiro atoms. The van der Waals surface area contributed by atoms with Gasteiger partial charge in [0.1, 0.15) is 0 Å². The molecule has 0 aliphatic rings. The van der Waals surface area contributed by atoms with Gasteiger partial charge in [-0.15, -0.1) is 0 Å². The number of rotatable bonds is 6. The number of nitrogens with zero attached hydrogens (tertiary/aromatic N) is 3. The fourth-order valence-electron chi connectivity index (χ4n) is 2.08. The molecule has 7 nitrogen and oxygen atoms in total. The van der Waals surface area contributed by atoms with Crippen molar-refractivity contribution in [2.45, 2.75) is 6.92 Å². The summed E-state index contributed by atoms with van der Waals surface area (Å²) in [6.07, 6.45) is 0. The number of hydrogen-bond donors (Lipinski definition) is 3. The molecule has 1 amide bonds. The molecule has 0 aliphatic carbocycles. The topological polar surface area (TPSA) is 97.5 Å². The highest BCUT2D eigenvalue weighted by atomic mass is 16.4. The van der Waals surface area contributed by atoms with Gasteiger partial charge in [-0.25, -0.2) is 0 Å². The van der Waals surface area contributed by atoms with Crippen LogP contribution < -0.4 is 15.7 Å². The van der Waals surface area contributed by atoms with Gasteiger partial charge in [0.05, 0.1) is 11.4 Å². The van der Waals surface area contributed by atoms with Gasteiger partial charge in [0, 0.05) is 36.5 Å². The van der Waals surface area contributed by atoms with Crippen molar-refractivity contribution in [3.8, 4) is 0 Å². The van der Waals surface area contributed by atoms with Gasteiger partial charge in [-0.3, -0.25) is 4.79 Å². The normalized spacial score (nSPS) is 10.7. The average Bonchev–Trinajstić information content (AvgIpc) is 2.60. The standard InChI is InChI=1S/C18H21BN4O3/c1-12(2)18(24)20-13-5-7-14(8-6-13)21-22-17-10-9-15(23(3)4)11-16(17)19(25)26/h5-11,25-26H,1H2,2-4H3,(H,20,24). The van der Waals surface area contributed by atoms with Crippen molar-refractivity contribution >= 4 is 41.2 Å². The van der Waals surface area contributed by atoms with E-state index in [1.807, 2.05) is 25.1 Å². The second-order valence-corrected chi connectivity index (χ2v) is 5.99. The zero-order valence-electron chi connectivity index (χ0n) is 15.0. The Morgan fingerprint density at radius 2 is 1.77 bits per heavy atom. The predicted molar refractivity (Wildman–Crippen MR) is 105 cm³/mol. The Morgan fingerprint density at radius 1 is 1.12 bits per heavy atom. The lowest BCUT2D eigenvalue weighted by molar-refractivity contribution is -0.112. The minimum Gasteiger partial charge on any atom is -0.423 e. The van der Waals surface area contributed by atoms with Crippen LogP contribution in [0.25, 0.3) is 0 Å². The third-order valence-electron chi connectivity index (χ3n) is 3.59. The number of hydrogen-bond acceptors (Lipinski definition) is 6. The molecule has 0 aromatic heterocycles. The summed E-state index contributed by atoms with van der Waals surface area (Å²) in [5, 5.41) is 30.0. The van der Waals surface area contributed by atoms with Crippen molar-refractivity contribution in [3.05, 3.63) is 54.6 Å². The molecule has 134 valence electrons. The van der Waals surface area contributed by atoms with Gasteiger partial charge in [-0.05, 0) is 49.4 Å². The molecule has 2 rings (SSSR count). The Labute approximate surface area is 152 Å². The van der Waals surface area contributed by atoms with Gasteiger partial charge in [0.15, 0.2) is 0 Å². The predicted octanol–water partition coefficient (Wildman–Crippen LogP) is 2.36. The number of azo groups is 1. The number of benzene rings is 2. The molecular formula is C18H21BN4O3. The fourth-order valence-corrected chi connectivity index (χ4v) is 2.08. The number of anilines is 2. The summed E-state index contributed by atoms with van der Waals surface area (Å²) in [6.45, 7) is 5.21. The SMILES string of the molecule is C=C(C)C(=O)Nc1ccc(N=Nc2ccc(N(C)C)cc2B(O)O)cc1. The van der Waals surface area contributed by atoms with Gasteiger partial charge in [-0.2, -0.15) is 10.2 Å². The quantitative estimate of drug-likeness (QED) is 0.422. The third kappa shape index (κ3) is 5.01. The Hall–Kier alpha value is -2.97. The van der Waals surface area contributed by atoms with E-state index in [9.17, 15) is 14.8 Å². The molecule has 3 N–H and O–H groups in total. The highest BCUT2D eigenvalue weighted by Crippen LogP contribution is 2.22. The number of carbonyl (C=O) groups is 1. The van der Waals surface area contributed by atoms with Gasteiger partial charge < -0.3 is 20.3 Å². The van der Waals surface area contributed by atoms with Crippen molar-refractivity contribution in [1.29, 1.82) is 0 Å². The summed E-state index contributed by atoms with van der Waals surface area (Å²) in [4.78, 5) is 13.4. The molecule has 0 bridgehead atoms. The molecule has 0 fully saturated rings. The molecule has 0 atom stereocenters. The minimum absolute atomic E-state index is 0.248. The highest BCUT2D eigenvalue weighted by molar-refractivity contribution is 6.60. The van der Waals surface area contributed by atoms with Crippen LogP contribution in [0.3, 0.4) is 0 Å². The maximum Gasteiger partial charge on any atom is 0.490 e. The van der Waals surface area contributed by atoms with Crippen LogP contribution in [0.2, 0.25) is 0 Å². The Kier molecular flexibility index (Phi) is 6.27. The lowest BCUT2D eigenvalue weighted by Gasteiger charge is -2.14. The highest BCUT2D eigenvalue weighted by Gasteiger charge is 2.17. The van der Waals surface area contributed by atoms with Crippen LogP contribution in [-0.2, 0) is 4.79 Å². The van der Waals surface area contributed by atoms with Gasteiger partial charge >= 0.3 is 7.12 Å². The summed E-state index contributed by atoms with van der Waals surface area (Å²) >= 11 is 0. The zero-order chi connectivity index (χ0) is 19.3. The first-order chi connectivity index (χ1) is 12.3. The second kappa shape index (κ2) is 8.42. The Morgan fingerprint density at radius 3 is 2.31 bits per heavy atom. The lowest BCUT2D eigenvalue weighted by Crippen LogP contribution is -2.30. The molecule has 0 radical (unpaired) electrons. The second-order valence-electron chi connectivity index (χ2n) is 5.99. The van der Waals surface area contributed by atoms with E-state index in [-0.39, 0.29) is 11.4 Å². The van der Waals surface area contributed by atoms with E-state index < -0.39 is 7.12 Å². The fraction of sp³-hybridized carbons (Fsp3) is 0.167. The van der Waals surface area contributed by atoms with Crippen LogP contribution >= 0.6 is 0 Å². The summed E-state index contributed by atoms with van der Waals surface area (Å²) in [6, 6.07) is 11.9. The first-order valence-corrected chi connectivity index (χ1v) is 7.94. The van der Waals surface area contributed by atoms with Crippen molar-refractivity contribution in [2.24, 2.45) is 10.2 Å². The van der Waals surface area contributed by atoms with E-state index in [0.717, 1.165) is 5.69 Å². The molecule has 8 heteroatoms.